The summed E-state index contributed by atoms with van der Waals surface area (Å²) in [7, 11) is -3.23. The number of nitrogens with one attached hydrogen (secondary N) is 1. The molecule has 0 saturated heterocycles. The van der Waals surface area contributed by atoms with Gasteiger partial charge in [0, 0.05) is 11.3 Å². The Morgan fingerprint density at radius 1 is 1.23 bits per heavy atom. The average molecular weight is 322 g/mol. The van der Waals surface area contributed by atoms with E-state index in [4.69, 9.17) is 4.52 Å². The third-order valence-electron chi connectivity index (χ3n) is 3.40. The maximum Gasteiger partial charge on any atom is 0.228 e. The molecule has 0 aliphatic rings. The lowest BCUT2D eigenvalue weighted by Crippen LogP contribution is -2.15. The number of carbonyl (C=O) groups is 1. The molecule has 1 aromatic heterocycles. The summed E-state index contributed by atoms with van der Waals surface area (Å²) in [6, 6.07) is 6.14. The third-order valence-corrected chi connectivity index (χ3v) is 5.15. The molecule has 0 bridgehead atoms. The van der Waals surface area contributed by atoms with Gasteiger partial charge in [-0.1, -0.05) is 12.1 Å². The van der Waals surface area contributed by atoms with E-state index in [1.807, 2.05) is 0 Å². The monoisotopic (exact) mass is 322 g/mol. The van der Waals surface area contributed by atoms with Crippen LogP contribution < -0.4 is 5.32 Å². The van der Waals surface area contributed by atoms with E-state index in [1.54, 1.807) is 32.9 Å². The van der Waals surface area contributed by atoms with E-state index < -0.39 is 9.84 Å². The molecule has 0 atom stereocenters. The predicted molar refractivity (Wildman–Crippen MR) is 82.5 cm³/mol. The second-order valence-electron chi connectivity index (χ2n) is 4.96. The van der Waals surface area contributed by atoms with Gasteiger partial charge in [0.25, 0.3) is 0 Å². The van der Waals surface area contributed by atoms with E-state index in [9.17, 15) is 13.2 Å². The van der Waals surface area contributed by atoms with Crippen LogP contribution >= 0.6 is 0 Å². The molecule has 1 aromatic carbocycles. The zero-order valence-electron chi connectivity index (χ0n) is 12.7. The van der Waals surface area contributed by atoms with Crippen molar-refractivity contribution in [3.63, 3.8) is 0 Å². The molecule has 1 amide bonds. The number of anilines is 1. The van der Waals surface area contributed by atoms with Crippen molar-refractivity contribution in [1.29, 1.82) is 0 Å². The summed E-state index contributed by atoms with van der Waals surface area (Å²) >= 11 is 0. The number of rotatable bonds is 5. The van der Waals surface area contributed by atoms with Crippen LogP contribution in [0.4, 0.5) is 5.69 Å². The Morgan fingerprint density at radius 2 is 1.86 bits per heavy atom. The van der Waals surface area contributed by atoms with Crippen LogP contribution in [0.25, 0.3) is 0 Å². The van der Waals surface area contributed by atoms with E-state index in [1.165, 1.54) is 12.1 Å². The Kier molecular flexibility index (Phi) is 4.65. The van der Waals surface area contributed by atoms with Crippen LogP contribution in [0, 0.1) is 13.8 Å². The summed E-state index contributed by atoms with van der Waals surface area (Å²) in [5, 5.41) is 6.53. The molecule has 0 unspecified atom stereocenters. The Balaban J connectivity index is 2.07. The van der Waals surface area contributed by atoms with Gasteiger partial charge < -0.3 is 9.84 Å². The predicted octanol–water partition coefficient (Wildman–Crippen LogP) is 2.27. The Hall–Kier alpha value is -2.15. The summed E-state index contributed by atoms with van der Waals surface area (Å²) in [6.07, 6.45) is 0.163. The van der Waals surface area contributed by atoms with Crippen LogP contribution in [0.15, 0.2) is 33.7 Å². The standard InChI is InChI=1S/C15H18N2O4S/c1-4-22(19,20)13-7-5-12(6-8-13)16-15(18)9-14-10(2)17-21-11(14)3/h5-8H,4,9H2,1-3H3,(H,16,18). The van der Waals surface area contributed by atoms with Gasteiger partial charge in [0.15, 0.2) is 9.84 Å². The van der Waals surface area contributed by atoms with Gasteiger partial charge in [-0.2, -0.15) is 0 Å². The molecule has 1 N–H and O–H groups in total. The maximum atomic E-state index is 12.0. The number of carbonyl (C=O) groups excluding carboxylic acids is 1. The highest BCUT2D eigenvalue weighted by Crippen LogP contribution is 2.17. The molecule has 0 radical (unpaired) electrons. The summed E-state index contributed by atoms with van der Waals surface area (Å²) in [5.41, 5.74) is 2.01. The van der Waals surface area contributed by atoms with Crippen molar-refractivity contribution in [2.24, 2.45) is 0 Å². The van der Waals surface area contributed by atoms with Gasteiger partial charge in [-0.15, -0.1) is 0 Å². The molecular formula is C15H18N2O4S. The molecule has 22 heavy (non-hydrogen) atoms. The van der Waals surface area contributed by atoms with Crippen LogP contribution in [0.5, 0.6) is 0 Å². The highest BCUT2D eigenvalue weighted by atomic mass is 32.2. The van der Waals surface area contributed by atoms with Gasteiger partial charge in [-0.05, 0) is 38.1 Å². The van der Waals surface area contributed by atoms with Gasteiger partial charge in [0.2, 0.25) is 5.91 Å². The normalized spacial score (nSPS) is 11.4. The minimum atomic E-state index is -3.23. The van der Waals surface area contributed by atoms with Crippen LogP contribution in [0.1, 0.15) is 23.9 Å². The molecule has 118 valence electrons. The largest absolute Gasteiger partial charge is 0.361 e. The Bertz CT molecular complexity index is 757. The zero-order valence-corrected chi connectivity index (χ0v) is 13.5. The molecule has 2 aromatic rings. The van der Waals surface area contributed by atoms with E-state index in [-0.39, 0.29) is 23.0 Å². The summed E-state index contributed by atoms with van der Waals surface area (Å²) < 4.78 is 28.4. The number of nitrogens with zero attached hydrogens (tertiary/aromatic N) is 1. The van der Waals surface area contributed by atoms with Crippen molar-refractivity contribution >= 4 is 21.4 Å². The maximum absolute atomic E-state index is 12.0. The minimum absolute atomic E-state index is 0.0464. The molecule has 6 nitrogen and oxygen atoms in total. The number of hydrogen-bond acceptors (Lipinski definition) is 5. The van der Waals surface area contributed by atoms with E-state index in [0.29, 0.717) is 17.1 Å². The average Bonchev–Trinajstić information content (AvgIpc) is 2.79. The molecule has 0 saturated carbocycles. The lowest BCUT2D eigenvalue weighted by atomic mass is 10.1. The number of benzene rings is 1. The first-order chi connectivity index (χ1) is 10.3. The van der Waals surface area contributed by atoms with Crippen molar-refractivity contribution in [1.82, 2.24) is 5.16 Å². The Labute approximate surface area is 129 Å². The van der Waals surface area contributed by atoms with Crippen LogP contribution in [-0.2, 0) is 21.1 Å². The Morgan fingerprint density at radius 3 is 2.36 bits per heavy atom. The van der Waals surface area contributed by atoms with Gasteiger partial charge in [-0.3, -0.25) is 4.79 Å². The SMILES string of the molecule is CCS(=O)(=O)c1ccc(NC(=O)Cc2c(C)noc2C)cc1. The number of amides is 1. The van der Waals surface area contributed by atoms with Gasteiger partial charge in [0.05, 0.1) is 22.8 Å². The van der Waals surface area contributed by atoms with Crippen molar-refractivity contribution < 1.29 is 17.7 Å². The highest BCUT2D eigenvalue weighted by molar-refractivity contribution is 7.91. The summed E-state index contributed by atoms with van der Waals surface area (Å²) in [4.78, 5) is 12.3. The number of sulfone groups is 1. The first kappa shape index (κ1) is 16.2. The minimum Gasteiger partial charge on any atom is -0.361 e. The summed E-state index contributed by atoms with van der Waals surface area (Å²) in [6.45, 7) is 5.13. The second-order valence-corrected chi connectivity index (χ2v) is 7.23. The van der Waals surface area contributed by atoms with Crippen molar-refractivity contribution in [3.8, 4) is 0 Å². The fraction of sp³-hybridized carbons (Fsp3) is 0.333. The second kappa shape index (κ2) is 6.31. The first-order valence-electron chi connectivity index (χ1n) is 6.88. The van der Waals surface area contributed by atoms with Crippen molar-refractivity contribution in [2.45, 2.75) is 32.1 Å². The van der Waals surface area contributed by atoms with Gasteiger partial charge in [0.1, 0.15) is 5.76 Å². The molecule has 0 spiro atoms. The highest BCUT2D eigenvalue weighted by Gasteiger charge is 2.14. The molecule has 0 aliphatic heterocycles. The lowest BCUT2D eigenvalue weighted by molar-refractivity contribution is -0.115. The number of hydrogen-bond donors (Lipinski definition) is 1. The van der Waals surface area contributed by atoms with E-state index >= 15 is 0 Å². The molecule has 2 rings (SSSR count). The molecule has 7 heteroatoms. The fourth-order valence-electron chi connectivity index (χ4n) is 2.03. The third kappa shape index (κ3) is 3.54. The molecular weight excluding hydrogens is 304 g/mol. The van der Waals surface area contributed by atoms with Gasteiger partial charge in [-0.25, -0.2) is 8.42 Å². The first-order valence-corrected chi connectivity index (χ1v) is 8.53. The quantitative estimate of drug-likeness (QED) is 0.912. The smallest absolute Gasteiger partial charge is 0.228 e. The molecule has 0 fully saturated rings. The van der Waals surface area contributed by atoms with Crippen LogP contribution in [0.2, 0.25) is 0 Å². The van der Waals surface area contributed by atoms with Crippen molar-refractivity contribution in [3.05, 3.63) is 41.3 Å². The summed E-state index contributed by atoms with van der Waals surface area (Å²) in [5.74, 6) is 0.461. The number of aryl methyl sites for hydroxylation is 2. The molecule has 0 aliphatic carbocycles. The van der Waals surface area contributed by atoms with Crippen LogP contribution in [-0.4, -0.2) is 25.2 Å². The van der Waals surface area contributed by atoms with Gasteiger partial charge >= 0.3 is 0 Å². The van der Waals surface area contributed by atoms with E-state index in [2.05, 4.69) is 10.5 Å². The van der Waals surface area contributed by atoms with Crippen molar-refractivity contribution in [2.75, 3.05) is 11.1 Å². The van der Waals surface area contributed by atoms with Crippen LogP contribution in [0.3, 0.4) is 0 Å². The molecule has 1 heterocycles. The fourth-order valence-corrected chi connectivity index (χ4v) is 2.92. The topological polar surface area (TPSA) is 89.3 Å². The lowest BCUT2D eigenvalue weighted by Gasteiger charge is -2.06. The zero-order chi connectivity index (χ0) is 16.3. The number of aromatic nitrogens is 1. The van der Waals surface area contributed by atoms with E-state index in [0.717, 1.165) is 5.56 Å².